The Labute approximate surface area is 193 Å². The van der Waals surface area contributed by atoms with E-state index in [0.717, 1.165) is 11.5 Å². The highest BCUT2D eigenvalue weighted by Gasteiger charge is 2.15. The molecule has 8 nitrogen and oxygen atoms in total. The summed E-state index contributed by atoms with van der Waals surface area (Å²) in [4.78, 5) is 23.0. The topological polar surface area (TPSA) is 95.1 Å². The quantitative estimate of drug-likeness (QED) is 0.162. The van der Waals surface area contributed by atoms with Crippen LogP contribution >= 0.6 is 33.3 Å². The summed E-state index contributed by atoms with van der Waals surface area (Å²) >= 11 is 1.75. The summed E-state index contributed by atoms with van der Waals surface area (Å²) in [5.74, 6) is 0.556. The molecule has 0 aliphatic carbocycles. The van der Waals surface area contributed by atoms with Gasteiger partial charge in [0, 0.05) is 31.4 Å². The van der Waals surface area contributed by atoms with Crippen molar-refractivity contribution in [2.45, 2.75) is 39.2 Å². The Bertz CT molecular complexity index is 439. The second kappa shape index (κ2) is 20.6. The monoisotopic (exact) mass is 486 g/mol. The molecule has 11 heteroatoms. The van der Waals surface area contributed by atoms with Crippen LogP contribution in [-0.4, -0.2) is 87.4 Å². The average Bonchev–Trinajstić information content (AvgIpc) is 2.67. The predicted octanol–water partition coefficient (Wildman–Crippen LogP) is 3.16. The fourth-order valence-electron chi connectivity index (χ4n) is 1.85. The largest absolute Gasteiger partial charge is 0.444 e. The SMILES string of the molecule is CSCSSCC(=O)NCCCOCCOCCOCCCNC(=O)OC(C)(C)C. The van der Waals surface area contributed by atoms with Gasteiger partial charge in [0.15, 0.2) is 0 Å². The molecule has 178 valence electrons. The van der Waals surface area contributed by atoms with Crippen LogP contribution in [0.1, 0.15) is 33.6 Å². The van der Waals surface area contributed by atoms with Crippen molar-refractivity contribution < 1.29 is 28.5 Å². The van der Waals surface area contributed by atoms with Gasteiger partial charge >= 0.3 is 6.09 Å². The number of thioether (sulfide) groups is 1. The third kappa shape index (κ3) is 23.9. The Morgan fingerprint density at radius 2 is 1.33 bits per heavy atom. The van der Waals surface area contributed by atoms with Gasteiger partial charge in [0.2, 0.25) is 5.91 Å². The molecule has 0 rings (SSSR count). The lowest BCUT2D eigenvalue weighted by molar-refractivity contribution is -0.118. The van der Waals surface area contributed by atoms with Crippen molar-refractivity contribution in [2.75, 3.05) is 69.8 Å². The van der Waals surface area contributed by atoms with Crippen LogP contribution < -0.4 is 10.6 Å². The first kappa shape index (κ1) is 29.7. The zero-order valence-corrected chi connectivity index (χ0v) is 21.1. The average molecular weight is 487 g/mol. The van der Waals surface area contributed by atoms with Crippen molar-refractivity contribution in [1.29, 1.82) is 0 Å². The van der Waals surface area contributed by atoms with E-state index in [1.165, 1.54) is 0 Å². The molecule has 0 atom stereocenters. The number of carbonyl (C=O) groups is 2. The maximum atomic E-state index is 11.6. The Morgan fingerprint density at radius 1 is 0.800 bits per heavy atom. The Morgan fingerprint density at radius 3 is 1.87 bits per heavy atom. The van der Waals surface area contributed by atoms with E-state index in [4.69, 9.17) is 18.9 Å². The molecule has 0 unspecified atom stereocenters. The van der Waals surface area contributed by atoms with E-state index in [1.807, 2.05) is 27.0 Å². The van der Waals surface area contributed by atoms with Gasteiger partial charge in [0.1, 0.15) is 5.60 Å². The lowest BCUT2D eigenvalue weighted by Crippen LogP contribution is -2.33. The van der Waals surface area contributed by atoms with E-state index in [1.54, 1.807) is 33.3 Å². The standard InChI is InChI=1S/C19H38N2O6S3/c1-19(2,3)27-18(23)21-8-6-10-25-12-14-26-13-11-24-9-5-7-20-17(22)15-29-30-16-28-4/h5-16H2,1-4H3,(H,20,22)(H,21,23). The van der Waals surface area contributed by atoms with Crippen LogP contribution in [0, 0.1) is 0 Å². The molecule has 0 aliphatic rings. The molecule has 0 saturated heterocycles. The maximum absolute atomic E-state index is 11.6. The van der Waals surface area contributed by atoms with Crippen LogP contribution in [0.4, 0.5) is 4.79 Å². The van der Waals surface area contributed by atoms with Gasteiger partial charge in [-0.1, -0.05) is 21.6 Å². The molecule has 0 saturated carbocycles. The van der Waals surface area contributed by atoms with E-state index in [0.29, 0.717) is 64.9 Å². The molecular weight excluding hydrogens is 448 g/mol. The first-order valence-corrected chi connectivity index (χ1v) is 13.9. The Balaban J connectivity index is 3.21. The fourth-order valence-corrected chi connectivity index (χ4v) is 4.85. The fraction of sp³-hybridized carbons (Fsp3) is 0.895. The van der Waals surface area contributed by atoms with Crippen LogP contribution in [-0.2, 0) is 23.7 Å². The second-order valence-corrected chi connectivity index (χ2v) is 10.8. The van der Waals surface area contributed by atoms with Gasteiger partial charge < -0.3 is 29.6 Å². The van der Waals surface area contributed by atoms with Crippen LogP contribution in [0.15, 0.2) is 0 Å². The van der Waals surface area contributed by atoms with E-state index >= 15 is 0 Å². The minimum absolute atomic E-state index is 0.0672. The van der Waals surface area contributed by atoms with Crippen molar-refractivity contribution in [3.63, 3.8) is 0 Å². The molecule has 0 aliphatic heterocycles. The van der Waals surface area contributed by atoms with E-state index in [2.05, 4.69) is 10.6 Å². The first-order valence-electron chi connectivity index (χ1n) is 10.1. The lowest BCUT2D eigenvalue weighted by Gasteiger charge is -2.19. The van der Waals surface area contributed by atoms with Gasteiger partial charge in [0.25, 0.3) is 0 Å². The van der Waals surface area contributed by atoms with E-state index < -0.39 is 11.7 Å². The van der Waals surface area contributed by atoms with Crippen molar-refractivity contribution in [3.8, 4) is 0 Å². The lowest BCUT2D eigenvalue weighted by atomic mass is 10.2. The summed E-state index contributed by atoms with van der Waals surface area (Å²) in [6.07, 6.45) is 3.14. The number of amides is 2. The third-order valence-electron chi connectivity index (χ3n) is 3.10. The van der Waals surface area contributed by atoms with Gasteiger partial charge in [-0.3, -0.25) is 4.79 Å². The highest BCUT2D eigenvalue weighted by molar-refractivity contribution is 8.78. The number of alkyl carbamates (subject to hydrolysis) is 1. The Kier molecular flexibility index (Phi) is 20.3. The molecule has 30 heavy (non-hydrogen) atoms. The number of hydrogen-bond donors (Lipinski definition) is 2. The van der Waals surface area contributed by atoms with Gasteiger partial charge in [-0.2, -0.15) is 11.8 Å². The molecule has 0 radical (unpaired) electrons. The minimum atomic E-state index is -0.483. The van der Waals surface area contributed by atoms with Gasteiger partial charge in [-0.25, -0.2) is 4.79 Å². The van der Waals surface area contributed by atoms with Gasteiger partial charge in [-0.15, -0.1) is 0 Å². The van der Waals surface area contributed by atoms with Gasteiger partial charge in [-0.05, 0) is 39.9 Å². The van der Waals surface area contributed by atoms with Crippen molar-refractivity contribution >= 4 is 45.4 Å². The number of hydrogen-bond acceptors (Lipinski definition) is 9. The normalized spacial score (nSPS) is 11.3. The predicted molar refractivity (Wildman–Crippen MR) is 127 cm³/mol. The molecule has 0 spiro atoms. The Hall–Kier alpha value is -0.330. The first-order chi connectivity index (χ1) is 14.3. The van der Waals surface area contributed by atoms with E-state index in [9.17, 15) is 9.59 Å². The van der Waals surface area contributed by atoms with Crippen LogP contribution in [0.25, 0.3) is 0 Å². The molecule has 0 aromatic rings. The summed E-state index contributed by atoms with van der Waals surface area (Å²) in [6.45, 7) is 9.82. The highest BCUT2D eigenvalue weighted by atomic mass is 33.1. The molecule has 0 aromatic heterocycles. The minimum Gasteiger partial charge on any atom is -0.444 e. The molecule has 0 bridgehead atoms. The summed E-state index contributed by atoms with van der Waals surface area (Å²) in [6, 6.07) is 0. The van der Waals surface area contributed by atoms with Crippen LogP contribution in [0.2, 0.25) is 0 Å². The maximum Gasteiger partial charge on any atom is 0.407 e. The summed E-state index contributed by atoms with van der Waals surface area (Å²) in [5, 5.41) is 6.55. The highest BCUT2D eigenvalue weighted by Crippen LogP contribution is 2.23. The number of rotatable bonds is 19. The summed E-state index contributed by atoms with van der Waals surface area (Å²) in [7, 11) is 3.28. The molecule has 0 aromatic carbocycles. The van der Waals surface area contributed by atoms with Crippen LogP contribution in [0.3, 0.4) is 0 Å². The number of ether oxygens (including phenoxy) is 4. The zero-order valence-electron chi connectivity index (χ0n) is 18.7. The smallest absolute Gasteiger partial charge is 0.407 e. The molecular formula is C19H38N2O6S3. The molecule has 2 amide bonds. The van der Waals surface area contributed by atoms with Crippen molar-refractivity contribution in [3.05, 3.63) is 0 Å². The van der Waals surface area contributed by atoms with Crippen LogP contribution in [0.5, 0.6) is 0 Å². The summed E-state index contributed by atoms with van der Waals surface area (Å²) in [5.41, 5.74) is -0.483. The zero-order chi connectivity index (χ0) is 22.5. The van der Waals surface area contributed by atoms with Crippen molar-refractivity contribution in [2.24, 2.45) is 0 Å². The third-order valence-corrected chi connectivity index (χ3v) is 6.70. The van der Waals surface area contributed by atoms with Gasteiger partial charge in [0.05, 0.1) is 32.2 Å². The summed E-state index contributed by atoms with van der Waals surface area (Å²) < 4.78 is 21.5. The molecule has 0 heterocycles. The van der Waals surface area contributed by atoms with Crippen molar-refractivity contribution in [1.82, 2.24) is 10.6 Å². The second-order valence-electron chi connectivity index (χ2n) is 7.11. The molecule has 2 N–H and O–H groups in total. The molecule has 0 fully saturated rings. The number of nitrogens with one attached hydrogen (secondary N) is 2. The number of carbonyl (C=O) groups excluding carboxylic acids is 2. The van der Waals surface area contributed by atoms with E-state index in [-0.39, 0.29) is 5.91 Å².